The average molecular weight is 937 g/mol. The number of hydrogen-bond donors (Lipinski definition) is 7. The van der Waals surface area contributed by atoms with Crippen LogP contribution >= 0.6 is 11.6 Å². The van der Waals surface area contributed by atoms with E-state index in [-0.39, 0.29) is 19.6 Å². The van der Waals surface area contributed by atoms with Crippen molar-refractivity contribution in [1.29, 1.82) is 0 Å². The van der Waals surface area contributed by atoms with Crippen LogP contribution in [0.2, 0.25) is 0 Å². The van der Waals surface area contributed by atoms with Crippen molar-refractivity contribution in [2.45, 2.75) is 64.0 Å². The van der Waals surface area contributed by atoms with Crippen molar-refractivity contribution < 1.29 is 58.5 Å². The van der Waals surface area contributed by atoms with Gasteiger partial charge in [-0.05, 0) is 48.7 Å². The molecule has 0 atom stereocenters. The Hall–Kier alpha value is -6.79. The van der Waals surface area contributed by atoms with Crippen LogP contribution in [0.3, 0.4) is 0 Å². The van der Waals surface area contributed by atoms with Crippen molar-refractivity contribution in [2.24, 2.45) is 15.7 Å². The molecule has 0 radical (unpaired) electrons. The van der Waals surface area contributed by atoms with Gasteiger partial charge >= 0.3 is 35.3 Å². The molecule has 18 nitrogen and oxygen atoms in total. The quantitative estimate of drug-likeness (QED) is 0.0283. The number of carboxylic acids is 3. The Morgan fingerprint density at radius 2 is 1.14 bits per heavy atom. The largest absolute Gasteiger partial charge is 0.480 e. The van der Waals surface area contributed by atoms with Gasteiger partial charge in [-0.25, -0.2) is 19.6 Å². The minimum absolute atomic E-state index is 0.119. The minimum atomic E-state index is -1.10. The minimum Gasteiger partial charge on any atom is -0.480 e. The standard InChI is InChI=1S/C16H15NO4.C10H11NO4.C8H7ClO2.C8H14N2.C3H9N.C2H5NO2/c18-14(19)11-17-21-16(20)15(12-7-3-1-4-8-12)13-9-5-2-6-10-13;12-9(13)7-11-15-10(14)6-8-4-2-1-3-5-8;9-8(10)11-6-7-4-2-1-3-5-7;1-9-7-10-8-5-3-2-4-6-8;1-3-4-2;3-1-2(4)5/h1-10,15,17H,11H2,(H,18,19);1-5,11H,6-7H2,(H,12,13);1-5H,6H2;8H,2-6H2,1H3;4H,3H2,1-2H3;1,3H2,(H,4,5). The number of ether oxygens (including phenoxy) is 1. The first kappa shape index (κ1) is 59.2. The van der Waals surface area contributed by atoms with Crippen molar-refractivity contribution in [3.05, 3.63) is 144 Å². The van der Waals surface area contributed by atoms with Gasteiger partial charge < -0.3 is 40.8 Å². The van der Waals surface area contributed by atoms with Crippen LogP contribution in [-0.4, -0.2) is 103 Å². The summed E-state index contributed by atoms with van der Waals surface area (Å²) in [5.74, 6) is -4.81. The van der Waals surface area contributed by atoms with Gasteiger partial charge in [-0.15, -0.1) is 11.0 Å². The summed E-state index contributed by atoms with van der Waals surface area (Å²) in [6.07, 6.45) is 6.65. The van der Waals surface area contributed by atoms with Crippen LogP contribution in [0.4, 0.5) is 4.79 Å². The monoisotopic (exact) mass is 936 g/mol. The van der Waals surface area contributed by atoms with Gasteiger partial charge in [-0.1, -0.05) is 148 Å². The lowest BCUT2D eigenvalue weighted by Gasteiger charge is -2.16. The summed E-state index contributed by atoms with van der Waals surface area (Å²) in [6, 6.07) is 40.0. The predicted octanol–water partition coefficient (Wildman–Crippen LogP) is 6.25. The van der Waals surface area contributed by atoms with E-state index in [1.54, 1.807) is 19.2 Å². The molecule has 358 valence electrons. The summed E-state index contributed by atoms with van der Waals surface area (Å²) in [7, 11) is 3.65. The van der Waals surface area contributed by atoms with Crippen molar-refractivity contribution in [1.82, 2.24) is 16.3 Å². The van der Waals surface area contributed by atoms with Crippen molar-refractivity contribution in [3.63, 3.8) is 0 Å². The molecule has 4 aromatic carbocycles. The van der Waals surface area contributed by atoms with Gasteiger partial charge in [0.25, 0.3) is 0 Å². The van der Waals surface area contributed by atoms with Crippen LogP contribution in [0.1, 0.15) is 67.2 Å². The molecule has 0 aromatic heterocycles. The molecule has 19 heteroatoms. The van der Waals surface area contributed by atoms with Crippen molar-refractivity contribution >= 4 is 52.9 Å². The summed E-state index contributed by atoms with van der Waals surface area (Å²) in [5.41, 5.74) is 11.3. The molecular formula is C47H61ClN6O12. The van der Waals surface area contributed by atoms with E-state index < -0.39 is 54.3 Å². The molecule has 0 saturated heterocycles. The number of benzene rings is 4. The third-order valence-corrected chi connectivity index (χ3v) is 8.25. The number of aliphatic imine (C=N–C) groups is 2. The highest BCUT2D eigenvalue weighted by Gasteiger charge is 2.24. The number of nitrogens with two attached hydrogens (primary N) is 1. The molecular weight excluding hydrogens is 876 g/mol. The zero-order chi connectivity index (χ0) is 49.2. The maximum absolute atomic E-state index is 12.2. The topological polar surface area (TPSA) is 278 Å². The molecule has 0 unspecified atom stereocenters. The molecule has 1 aliphatic carbocycles. The Morgan fingerprint density at radius 3 is 1.53 bits per heavy atom. The fourth-order valence-corrected chi connectivity index (χ4v) is 5.08. The Morgan fingerprint density at radius 1 is 0.712 bits per heavy atom. The SMILES string of the molecule is CCNC.CN=C=NC1CCCCC1.NCC(=O)O.O=C(Cl)OCc1ccccc1.O=C(O)CNOC(=O)C(c1ccccc1)c1ccccc1.O=C(O)CNOC(=O)Cc1ccccc1. The lowest BCUT2D eigenvalue weighted by atomic mass is 9.91. The van der Waals surface area contributed by atoms with Crippen molar-refractivity contribution in [3.8, 4) is 0 Å². The second kappa shape index (κ2) is 39.8. The summed E-state index contributed by atoms with van der Waals surface area (Å²) in [6.45, 7) is 2.26. The van der Waals surface area contributed by atoms with Gasteiger partial charge in [-0.2, -0.15) is 0 Å². The Bertz CT molecular complexity index is 1950. The average Bonchev–Trinajstić information content (AvgIpc) is 3.32. The number of carbonyl (C=O) groups is 6. The maximum atomic E-state index is 12.2. The first-order valence-electron chi connectivity index (χ1n) is 20.7. The number of carboxylic acid groups (broad SMARTS) is 3. The van der Waals surface area contributed by atoms with Crippen LogP contribution in [0.5, 0.6) is 0 Å². The van der Waals surface area contributed by atoms with Crippen LogP contribution in [0, 0.1) is 0 Å². The Balaban J connectivity index is 0.000000829. The maximum Gasteiger partial charge on any atom is 0.404 e. The van der Waals surface area contributed by atoms with E-state index in [9.17, 15) is 28.8 Å². The van der Waals surface area contributed by atoms with E-state index >= 15 is 0 Å². The van der Waals surface area contributed by atoms with Gasteiger partial charge in [0.15, 0.2) is 0 Å². The second-order valence-corrected chi connectivity index (χ2v) is 13.6. The molecule has 0 spiro atoms. The first-order valence-corrected chi connectivity index (χ1v) is 21.0. The third-order valence-electron chi connectivity index (χ3n) is 8.14. The van der Waals surface area contributed by atoms with Crippen LogP contribution < -0.4 is 22.0 Å². The van der Waals surface area contributed by atoms with E-state index in [4.69, 9.17) is 31.8 Å². The van der Waals surface area contributed by atoms with Gasteiger partial charge in [0.1, 0.15) is 25.6 Å². The highest BCUT2D eigenvalue weighted by molar-refractivity contribution is 6.61. The molecule has 8 N–H and O–H groups in total. The number of hydroxylamine groups is 2. The van der Waals surface area contributed by atoms with Gasteiger partial charge in [-0.3, -0.25) is 19.2 Å². The van der Waals surface area contributed by atoms with Crippen LogP contribution in [0.25, 0.3) is 0 Å². The molecule has 0 amide bonds. The van der Waals surface area contributed by atoms with Gasteiger partial charge in [0, 0.05) is 18.6 Å². The Kier molecular flexibility index (Phi) is 35.7. The summed E-state index contributed by atoms with van der Waals surface area (Å²) >= 11 is 4.97. The fourth-order valence-electron chi connectivity index (χ4n) is 5.02. The van der Waals surface area contributed by atoms with Crippen LogP contribution in [0.15, 0.2) is 131 Å². The normalized spacial score (nSPS) is 11.0. The molecule has 1 fully saturated rings. The molecule has 66 heavy (non-hydrogen) atoms. The summed E-state index contributed by atoms with van der Waals surface area (Å²) < 4.78 is 4.55. The number of halogens is 1. The lowest BCUT2D eigenvalue weighted by molar-refractivity contribution is -0.155. The highest BCUT2D eigenvalue weighted by Crippen LogP contribution is 2.25. The van der Waals surface area contributed by atoms with E-state index in [1.165, 1.54) is 32.1 Å². The number of rotatable bonds is 16. The zero-order valence-electron chi connectivity index (χ0n) is 37.3. The van der Waals surface area contributed by atoms with Crippen molar-refractivity contribution in [2.75, 3.05) is 40.3 Å². The number of nitrogens with one attached hydrogen (secondary N) is 3. The molecule has 0 bridgehead atoms. The fraction of sp³-hybridized carbons (Fsp3) is 0.340. The number of hydrogen-bond acceptors (Lipinski definition) is 15. The van der Waals surface area contributed by atoms with Crippen LogP contribution in [-0.2, 0) is 51.4 Å². The Labute approximate surface area is 390 Å². The van der Waals surface area contributed by atoms with E-state index in [1.807, 2.05) is 116 Å². The van der Waals surface area contributed by atoms with Gasteiger partial charge in [0.05, 0.1) is 25.0 Å². The molecule has 1 aliphatic rings. The lowest BCUT2D eigenvalue weighted by Crippen LogP contribution is -2.29. The number of aliphatic carboxylic acids is 3. The van der Waals surface area contributed by atoms with Gasteiger partial charge in [0.2, 0.25) is 0 Å². The molecule has 5 rings (SSSR count). The number of carbonyl (C=O) groups excluding carboxylic acids is 3. The third kappa shape index (κ3) is 33.7. The highest BCUT2D eigenvalue weighted by atomic mass is 35.5. The van der Waals surface area contributed by atoms with E-state index in [0.717, 1.165) is 28.8 Å². The first-order chi connectivity index (χ1) is 31.8. The molecule has 1 saturated carbocycles. The van der Waals surface area contributed by atoms with E-state index in [2.05, 4.69) is 54.5 Å². The smallest absolute Gasteiger partial charge is 0.404 e. The second-order valence-electron chi connectivity index (χ2n) is 13.3. The molecule has 0 heterocycles. The summed E-state index contributed by atoms with van der Waals surface area (Å²) in [4.78, 5) is 80.5. The zero-order valence-corrected chi connectivity index (χ0v) is 38.1. The van der Waals surface area contributed by atoms with E-state index in [0.29, 0.717) is 6.04 Å². The summed E-state index contributed by atoms with van der Waals surface area (Å²) in [5, 5.41) is 27.3. The number of nitrogens with zero attached hydrogens (tertiary/aromatic N) is 2. The molecule has 0 aliphatic heterocycles. The molecule has 4 aromatic rings. The predicted molar refractivity (Wildman–Crippen MR) is 250 cm³/mol.